The predicted molar refractivity (Wildman–Crippen MR) is 70.7 cm³/mol. The smallest absolute Gasteiger partial charge is 0.325 e. The van der Waals surface area contributed by atoms with E-state index in [-0.39, 0.29) is 11.9 Å². The minimum Gasteiger partial charge on any atom is -0.380 e. The maximum atomic E-state index is 12.3. The molecule has 2 rings (SSSR count). The van der Waals surface area contributed by atoms with Crippen LogP contribution in [0.5, 0.6) is 0 Å². The third kappa shape index (κ3) is 3.06. The summed E-state index contributed by atoms with van der Waals surface area (Å²) in [5, 5.41) is 5.93. The molecular formula is C13H23N3O3. The summed E-state index contributed by atoms with van der Waals surface area (Å²) in [6.07, 6.45) is 1.66. The van der Waals surface area contributed by atoms with Crippen molar-refractivity contribution in [1.82, 2.24) is 15.5 Å². The monoisotopic (exact) mass is 269 g/mol. The first-order valence-electron chi connectivity index (χ1n) is 6.98. The maximum Gasteiger partial charge on any atom is 0.325 e. The van der Waals surface area contributed by atoms with E-state index in [1.54, 1.807) is 0 Å². The van der Waals surface area contributed by atoms with Crippen molar-refractivity contribution in [2.75, 3.05) is 32.8 Å². The van der Waals surface area contributed by atoms with E-state index in [0.29, 0.717) is 38.6 Å². The van der Waals surface area contributed by atoms with Gasteiger partial charge in [0.2, 0.25) is 0 Å². The van der Waals surface area contributed by atoms with E-state index < -0.39 is 5.54 Å². The second-order valence-electron chi connectivity index (χ2n) is 5.69. The van der Waals surface area contributed by atoms with Gasteiger partial charge in [-0.3, -0.25) is 9.69 Å². The molecule has 0 bridgehead atoms. The highest BCUT2D eigenvalue weighted by atomic mass is 16.5. The van der Waals surface area contributed by atoms with Gasteiger partial charge in [-0.25, -0.2) is 4.79 Å². The van der Waals surface area contributed by atoms with Crippen LogP contribution in [0.1, 0.15) is 26.7 Å². The van der Waals surface area contributed by atoms with Crippen molar-refractivity contribution in [3.05, 3.63) is 0 Å². The third-order valence-electron chi connectivity index (χ3n) is 3.70. The zero-order valence-corrected chi connectivity index (χ0v) is 11.7. The van der Waals surface area contributed by atoms with Crippen molar-refractivity contribution in [1.29, 1.82) is 0 Å². The Morgan fingerprint density at radius 1 is 1.37 bits per heavy atom. The molecule has 0 aromatic carbocycles. The number of hydrogen-bond acceptors (Lipinski definition) is 4. The Labute approximate surface area is 113 Å². The van der Waals surface area contributed by atoms with Crippen LogP contribution in [0.15, 0.2) is 0 Å². The van der Waals surface area contributed by atoms with Crippen LogP contribution in [0.25, 0.3) is 0 Å². The van der Waals surface area contributed by atoms with E-state index in [4.69, 9.17) is 4.74 Å². The van der Waals surface area contributed by atoms with Crippen molar-refractivity contribution in [3.8, 4) is 0 Å². The fraction of sp³-hybridized carbons (Fsp3) is 0.846. The Hall–Kier alpha value is -1.14. The zero-order chi connectivity index (χ0) is 13.9. The second-order valence-corrected chi connectivity index (χ2v) is 5.69. The van der Waals surface area contributed by atoms with Gasteiger partial charge in [-0.2, -0.15) is 0 Å². The van der Waals surface area contributed by atoms with Gasteiger partial charge in [0.15, 0.2) is 0 Å². The van der Waals surface area contributed by atoms with Gasteiger partial charge in [0.25, 0.3) is 5.91 Å². The molecule has 2 aliphatic rings. The molecule has 1 atom stereocenters. The van der Waals surface area contributed by atoms with Gasteiger partial charge in [-0.15, -0.1) is 0 Å². The number of nitrogens with zero attached hydrogens (tertiary/aromatic N) is 1. The van der Waals surface area contributed by atoms with E-state index in [9.17, 15) is 9.59 Å². The van der Waals surface area contributed by atoms with Gasteiger partial charge >= 0.3 is 6.03 Å². The molecule has 2 fully saturated rings. The predicted octanol–water partition coefficient (Wildman–Crippen LogP) is 0.333. The summed E-state index contributed by atoms with van der Waals surface area (Å²) >= 11 is 0. The zero-order valence-electron chi connectivity index (χ0n) is 11.7. The fourth-order valence-corrected chi connectivity index (χ4v) is 2.44. The number of ether oxygens (including phenoxy) is 1. The minimum atomic E-state index is -0.699. The maximum absolute atomic E-state index is 12.3. The first-order valence-corrected chi connectivity index (χ1v) is 6.98. The number of urea groups is 1. The minimum absolute atomic E-state index is 0.116. The second kappa shape index (κ2) is 5.88. The summed E-state index contributed by atoms with van der Waals surface area (Å²) in [6.45, 7) is 7.00. The first kappa shape index (κ1) is 14.3. The third-order valence-corrected chi connectivity index (χ3v) is 3.70. The summed E-state index contributed by atoms with van der Waals surface area (Å²) in [6, 6.07) is -0.291. The molecule has 3 amide bonds. The SMILES string of the molecule is CC(C)CCOCCN1C(=O)NC2(CCNC2)C1=O. The molecule has 2 saturated heterocycles. The van der Waals surface area contributed by atoms with E-state index in [1.165, 1.54) is 4.90 Å². The Bertz CT molecular complexity index is 351. The first-order chi connectivity index (χ1) is 9.05. The number of rotatable bonds is 6. The summed E-state index contributed by atoms with van der Waals surface area (Å²) in [5.41, 5.74) is -0.699. The number of amides is 3. The van der Waals surface area contributed by atoms with Crippen molar-refractivity contribution >= 4 is 11.9 Å². The Balaban J connectivity index is 1.78. The number of nitrogens with one attached hydrogen (secondary N) is 2. The Morgan fingerprint density at radius 3 is 2.79 bits per heavy atom. The molecule has 2 heterocycles. The van der Waals surface area contributed by atoms with Crippen LogP contribution < -0.4 is 10.6 Å². The lowest BCUT2D eigenvalue weighted by Gasteiger charge is -2.19. The van der Waals surface area contributed by atoms with Crippen LogP contribution in [0, 0.1) is 5.92 Å². The van der Waals surface area contributed by atoms with Crippen LogP contribution >= 0.6 is 0 Å². The van der Waals surface area contributed by atoms with Crippen molar-refractivity contribution in [2.24, 2.45) is 5.92 Å². The van der Waals surface area contributed by atoms with Gasteiger partial charge < -0.3 is 15.4 Å². The Kier molecular flexibility index (Phi) is 4.42. The number of hydrogen-bond donors (Lipinski definition) is 2. The van der Waals surface area contributed by atoms with Gasteiger partial charge in [-0.1, -0.05) is 13.8 Å². The largest absolute Gasteiger partial charge is 0.380 e. The Morgan fingerprint density at radius 2 is 2.16 bits per heavy atom. The molecule has 0 saturated carbocycles. The van der Waals surface area contributed by atoms with E-state index in [0.717, 1.165) is 13.0 Å². The summed E-state index contributed by atoms with van der Waals surface area (Å²) in [5.74, 6) is 0.486. The molecule has 0 radical (unpaired) electrons. The molecular weight excluding hydrogens is 246 g/mol. The van der Waals surface area contributed by atoms with Crippen LogP contribution in [0.3, 0.4) is 0 Å². The summed E-state index contributed by atoms with van der Waals surface area (Å²) in [7, 11) is 0. The average molecular weight is 269 g/mol. The lowest BCUT2D eigenvalue weighted by atomic mass is 9.99. The molecule has 108 valence electrons. The van der Waals surface area contributed by atoms with Crippen LogP contribution in [0.2, 0.25) is 0 Å². The number of carbonyl (C=O) groups is 2. The molecule has 6 nitrogen and oxygen atoms in total. The highest BCUT2D eigenvalue weighted by molar-refractivity contribution is 6.07. The lowest BCUT2D eigenvalue weighted by molar-refractivity contribution is -0.131. The molecule has 1 unspecified atom stereocenters. The molecule has 0 aliphatic carbocycles. The van der Waals surface area contributed by atoms with E-state index in [2.05, 4.69) is 24.5 Å². The van der Waals surface area contributed by atoms with Gasteiger partial charge in [0.1, 0.15) is 5.54 Å². The summed E-state index contributed by atoms with van der Waals surface area (Å²) < 4.78 is 5.46. The molecule has 1 spiro atoms. The fourth-order valence-electron chi connectivity index (χ4n) is 2.44. The highest BCUT2D eigenvalue weighted by Crippen LogP contribution is 2.23. The summed E-state index contributed by atoms with van der Waals surface area (Å²) in [4.78, 5) is 25.4. The number of imide groups is 1. The number of carbonyl (C=O) groups excluding carboxylic acids is 2. The average Bonchev–Trinajstić information content (AvgIpc) is 2.89. The van der Waals surface area contributed by atoms with Crippen molar-refractivity contribution in [3.63, 3.8) is 0 Å². The van der Waals surface area contributed by atoms with Crippen LogP contribution in [0.4, 0.5) is 4.79 Å². The van der Waals surface area contributed by atoms with Gasteiger partial charge in [0, 0.05) is 13.2 Å². The van der Waals surface area contributed by atoms with Crippen LogP contribution in [-0.2, 0) is 9.53 Å². The normalized spacial score (nSPS) is 26.8. The van der Waals surface area contributed by atoms with Gasteiger partial charge in [0.05, 0.1) is 13.2 Å². The molecule has 0 aromatic heterocycles. The van der Waals surface area contributed by atoms with Crippen LogP contribution in [-0.4, -0.2) is 55.2 Å². The van der Waals surface area contributed by atoms with E-state index in [1.807, 2.05) is 0 Å². The van der Waals surface area contributed by atoms with Gasteiger partial charge in [-0.05, 0) is 25.3 Å². The highest BCUT2D eigenvalue weighted by Gasteiger charge is 2.52. The topological polar surface area (TPSA) is 70.7 Å². The molecule has 2 N–H and O–H groups in total. The quantitative estimate of drug-likeness (QED) is 0.538. The van der Waals surface area contributed by atoms with Crippen molar-refractivity contribution in [2.45, 2.75) is 32.2 Å². The molecule has 19 heavy (non-hydrogen) atoms. The van der Waals surface area contributed by atoms with Crippen molar-refractivity contribution < 1.29 is 14.3 Å². The molecule has 6 heteroatoms. The lowest BCUT2D eigenvalue weighted by Crippen LogP contribution is -2.48. The standard InChI is InChI=1S/C13H23N3O3/c1-10(2)3-7-19-8-6-16-11(17)13(15-12(16)18)4-5-14-9-13/h10,14H,3-9H2,1-2H3,(H,15,18). The molecule has 2 aliphatic heterocycles. The molecule has 0 aromatic rings. The van der Waals surface area contributed by atoms with E-state index >= 15 is 0 Å².